The Morgan fingerprint density at radius 1 is 1.23 bits per heavy atom. The van der Waals surface area contributed by atoms with Gasteiger partial charge in [-0.3, -0.25) is 0 Å². The summed E-state index contributed by atoms with van der Waals surface area (Å²) in [4.78, 5) is 2.95. The second-order valence-corrected chi connectivity index (χ2v) is 6.63. The number of nitrogens with one attached hydrogen (secondary N) is 1. The van der Waals surface area contributed by atoms with Crippen molar-refractivity contribution in [2.45, 2.75) is 28.6 Å². The molecule has 1 fully saturated rings. The highest BCUT2D eigenvalue weighted by molar-refractivity contribution is 9.10. The molecule has 1 aliphatic heterocycles. The maximum Gasteiger partial charge on any atom is 0.185 e. The lowest BCUT2D eigenvalue weighted by molar-refractivity contribution is -0.335. The van der Waals surface area contributed by atoms with Crippen molar-refractivity contribution < 1.29 is 30.3 Å². The Labute approximate surface area is 133 Å². The lowest BCUT2D eigenvalue weighted by Gasteiger charge is -2.51. The number of fused-ring (bicyclic) bond motifs is 1. The van der Waals surface area contributed by atoms with Gasteiger partial charge in [0.15, 0.2) is 16.4 Å². The Morgan fingerprint density at radius 2 is 1.91 bits per heavy atom. The molecule has 2 heterocycles. The minimum atomic E-state index is -2.19. The predicted molar refractivity (Wildman–Crippen MR) is 80.0 cm³/mol. The van der Waals surface area contributed by atoms with E-state index in [-0.39, 0.29) is 5.56 Å². The minimum absolute atomic E-state index is 0.229. The molecule has 22 heavy (non-hydrogen) atoms. The first kappa shape index (κ1) is 15.9. The maximum atomic E-state index is 11.1. The van der Waals surface area contributed by atoms with Crippen LogP contribution in [0.25, 0.3) is 10.9 Å². The van der Waals surface area contributed by atoms with Gasteiger partial charge < -0.3 is 35.3 Å². The van der Waals surface area contributed by atoms with Crippen LogP contribution in [0.1, 0.15) is 5.56 Å². The third-order valence-corrected chi connectivity index (χ3v) is 5.17. The first-order chi connectivity index (χ1) is 10.3. The number of aliphatic hydroxyl groups is 5. The molecule has 1 aliphatic rings. The number of ether oxygens (including phenoxy) is 1. The van der Waals surface area contributed by atoms with Crippen LogP contribution >= 0.6 is 15.9 Å². The van der Waals surface area contributed by atoms with Gasteiger partial charge in [0.05, 0.1) is 6.61 Å². The van der Waals surface area contributed by atoms with Crippen LogP contribution in [0.3, 0.4) is 0 Å². The van der Waals surface area contributed by atoms with Gasteiger partial charge in [-0.15, -0.1) is 0 Å². The lowest BCUT2D eigenvalue weighted by atomic mass is 9.78. The largest absolute Gasteiger partial charge is 0.392 e. The van der Waals surface area contributed by atoms with E-state index in [4.69, 9.17) is 4.74 Å². The minimum Gasteiger partial charge on any atom is -0.392 e. The second kappa shape index (κ2) is 5.27. The van der Waals surface area contributed by atoms with Crippen molar-refractivity contribution in [3.05, 3.63) is 36.0 Å². The molecule has 1 aromatic heterocycles. The van der Waals surface area contributed by atoms with Crippen LogP contribution in [-0.4, -0.2) is 60.1 Å². The Hall–Kier alpha value is -1.00. The number of hydrogen-bond acceptors (Lipinski definition) is 6. The number of hydrogen-bond donors (Lipinski definition) is 6. The molecule has 0 radical (unpaired) electrons. The summed E-state index contributed by atoms with van der Waals surface area (Å²) in [6, 6.07) is 7.04. The maximum absolute atomic E-state index is 11.1. The predicted octanol–water partition coefficient (Wildman–Crippen LogP) is -0.491. The summed E-state index contributed by atoms with van der Waals surface area (Å²) in [5.41, 5.74) is -1.26. The number of para-hydroxylation sites is 1. The molecule has 6 N–H and O–H groups in total. The van der Waals surface area contributed by atoms with Crippen molar-refractivity contribution in [3.63, 3.8) is 0 Å². The molecule has 7 nitrogen and oxygen atoms in total. The first-order valence-electron chi connectivity index (χ1n) is 6.66. The van der Waals surface area contributed by atoms with Gasteiger partial charge in [0, 0.05) is 22.7 Å². The average molecular weight is 374 g/mol. The van der Waals surface area contributed by atoms with E-state index in [9.17, 15) is 25.5 Å². The summed E-state index contributed by atoms with van der Waals surface area (Å²) in [5.74, 6) is 0. The first-order valence-corrected chi connectivity index (χ1v) is 7.45. The van der Waals surface area contributed by atoms with E-state index < -0.39 is 35.2 Å². The molecular weight excluding hydrogens is 358 g/mol. The van der Waals surface area contributed by atoms with E-state index in [1.54, 1.807) is 24.3 Å². The summed E-state index contributed by atoms with van der Waals surface area (Å²) in [5, 5.41) is 51.3. The molecular formula is C14H16BrNO6. The van der Waals surface area contributed by atoms with Crippen molar-refractivity contribution in [2.75, 3.05) is 6.61 Å². The van der Waals surface area contributed by atoms with Gasteiger partial charge in [0.25, 0.3) is 0 Å². The Kier molecular flexibility index (Phi) is 3.81. The highest BCUT2D eigenvalue weighted by Gasteiger charge is 2.64. The number of H-pyrrole nitrogens is 1. The van der Waals surface area contributed by atoms with Crippen molar-refractivity contribution in [1.29, 1.82) is 0 Å². The van der Waals surface area contributed by atoms with Crippen LogP contribution in [0.2, 0.25) is 0 Å². The molecule has 8 heteroatoms. The fourth-order valence-electron chi connectivity index (χ4n) is 2.88. The second-order valence-electron chi connectivity index (χ2n) is 5.34. The zero-order valence-electron chi connectivity index (χ0n) is 11.3. The molecule has 0 saturated carbocycles. The summed E-state index contributed by atoms with van der Waals surface area (Å²) in [7, 11) is 0. The highest BCUT2D eigenvalue weighted by Crippen LogP contribution is 2.49. The molecule has 0 bridgehead atoms. The molecule has 0 spiro atoms. The number of benzene rings is 1. The zero-order valence-corrected chi connectivity index (χ0v) is 12.9. The van der Waals surface area contributed by atoms with E-state index in [1.165, 1.54) is 6.20 Å². The lowest BCUT2D eigenvalue weighted by Crippen LogP contribution is -2.69. The number of halogens is 1. The van der Waals surface area contributed by atoms with Gasteiger partial charge in [0.1, 0.15) is 12.2 Å². The Morgan fingerprint density at radius 3 is 2.59 bits per heavy atom. The van der Waals surface area contributed by atoms with Crippen molar-refractivity contribution >= 4 is 26.8 Å². The Balaban J connectivity index is 2.23. The van der Waals surface area contributed by atoms with Gasteiger partial charge in [0.2, 0.25) is 0 Å². The summed E-state index contributed by atoms with van der Waals surface area (Å²) in [6.45, 7) is -0.746. The van der Waals surface area contributed by atoms with Crippen molar-refractivity contribution in [2.24, 2.45) is 0 Å². The third-order valence-electron chi connectivity index (χ3n) is 4.12. The smallest absolute Gasteiger partial charge is 0.185 e. The molecule has 5 atom stereocenters. The molecule has 120 valence electrons. The number of alkyl halides is 1. The molecule has 2 aromatic rings. The zero-order chi connectivity index (χ0) is 16.1. The topological polar surface area (TPSA) is 126 Å². The van der Waals surface area contributed by atoms with Gasteiger partial charge in [-0.25, -0.2) is 0 Å². The van der Waals surface area contributed by atoms with E-state index in [1.807, 2.05) is 0 Å². The van der Waals surface area contributed by atoms with Crippen LogP contribution in [0.5, 0.6) is 0 Å². The number of aromatic nitrogens is 1. The average Bonchev–Trinajstić information content (AvgIpc) is 2.95. The Bertz CT molecular complexity index is 693. The number of aromatic amines is 1. The quantitative estimate of drug-likeness (QED) is 0.394. The van der Waals surface area contributed by atoms with Crippen LogP contribution < -0.4 is 0 Å². The molecule has 0 amide bonds. The normalized spacial score (nSPS) is 39.3. The van der Waals surface area contributed by atoms with Crippen LogP contribution in [-0.2, 0) is 10.3 Å². The number of rotatable bonds is 2. The number of aliphatic hydroxyl groups excluding tert-OH is 4. The van der Waals surface area contributed by atoms with E-state index in [0.717, 1.165) is 0 Å². The van der Waals surface area contributed by atoms with E-state index in [2.05, 4.69) is 20.9 Å². The van der Waals surface area contributed by atoms with Crippen LogP contribution in [0.15, 0.2) is 30.5 Å². The third kappa shape index (κ3) is 1.96. The monoisotopic (exact) mass is 373 g/mol. The van der Waals surface area contributed by atoms with Gasteiger partial charge in [-0.1, -0.05) is 18.2 Å². The fourth-order valence-corrected chi connectivity index (χ4v) is 3.52. The fraction of sp³-hybridized carbons (Fsp3) is 0.429. The molecule has 0 unspecified atom stereocenters. The van der Waals surface area contributed by atoms with Gasteiger partial charge >= 0.3 is 0 Å². The summed E-state index contributed by atoms with van der Waals surface area (Å²) < 4.78 is 3.26. The van der Waals surface area contributed by atoms with Gasteiger partial charge in [-0.2, -0.15) is 0 Å². The molecule has 3 rings (SSSR count). The molecule has 1 saturated heterocycles. The van der Waals surface area contributed by atoms with E-state index >= 15 is 0 Å². The summed E-state index contributed by atoms with van der Waals surface area (Å²) >= 11 is 3.07. The van der Waals surface area contributed by atoms with Crippen molar-refractivity contribution in [3.8, 4) is 0 Å². The van der Waals surface area contributed by atoms with Crippen molar-refractivity contribution in [1.82, 2.24) is 4.98 Å². The van der Waals surface area contributed by atoms with E-state index in [0.29, 0.717) is 10.9 Å². The van der Waals surface area contributed by atoms with Crippen LogP contribution in [0, 0.1) is 0 Å². The summed E-state index contributed by atoms with van der Waals surface area (Å²) in [6.07, 6.45) is -3.82. The standard InChI is InChI=1S/C14H16BrNO6/c15-13(6-17)14(21,11(19)10(18)12(20)22-13)8-5-16-9-4-2-1-3-7(8)9/h1-5,10-12,16-21H,6H2/t10-,11-,12+,13-,14-/m1/s1. The highest BCUT2D eigenvalue weighted by atomic mass is 79.9. The molecule has 0 aliphatic carbocycles. The van der Waals surface area contributed by atoms with Gasteiger partial charge in [-0.05, 0) is 22.0 Å². The van der Waals surface area contributed by atoms with Crippen LogP contribution in [0.4, 0.5) is 0 Å². The molecule has 1 aromatic carbocycles. The SMILES string of the molecule is OC[C@@]1(Br)O[C@H](O)[C@H](O)[C@@H](O)[C@]1(O)c1c[nH]c2ccccc12.